The molecule has 3 aromatic rings. The number of pyridine rings is 1. The molecule has 0 fully saturated rings. The number of amides is 1. The zero-order valence-corrected chi connectivity index (χ0v) is 15.4. The summed E-state index contributed by atoms with van der Waals surface area (Å²) < 4.78 is 10.3. The second-order valence-electron chi connectivity index (χ2n) is 5.32. The molecule has 1 N–H and O–H groups in total. The van der Waals surface area contributed by atoms with E-state index in [1.165, 1.54) is 23.6 Å². The summed E-state index contributed by atoms with van der Waals surface area (Å²) in [5, 5.41) is 4.91. The number of thiazole rings is 1. The van der Waals surface area contributed by atoms with Gasteiger partial charge in [0.05, 0.1) is 12.3 Å². The van der Waals surface area contributed by atoms with Crippen molar-refractivity contribution in [3.05, 3.63) is 59.6 Å². The number of hydrogen-bond donors (Lipinski definition) is 1. The lowest BCUT2D eigenvalue weighted by Gasteiger charge is -2.08. The first kappa shape index (κ1) is 18.5. The molecule has 2 aromatic heterocycles. The van der Waals surface area contributed by atoms with E-state index in [2.05, 4.69) is 15.3 Å². The van der Waals surface area contributed by atoms with Crippen LogP contribution in [0, 0.1) is 0 Å². The van der Waals surface area contributed by atoms with Gasteiger partial charge in [-0.1, -0.05) is 30.3 Å². The van der Waals surface area contributed by atoms with E-state index in [4.69, 9.17) is 9.47 Å². The monoisotopic (exact) mass is 383 g/mol. The Labute approximate surface area is 160 Å². The number of ether oxygens (including phenoxy) is 2. The first-order valence-electron chi connectivity index (χ1n) is 8.23. The Kier molecular flexibility index (Phi) is 6.11. The largest absolute Gasteiger partial charge is 0.477 e. The van der Waals surface area contributed by atoms with Crippen molar-refractivity contribution < 1.29 is 19.1 Å². The summed E-state index contributed by atoms with van der Waals surface area (Å²) in [4.78, 5) is 32.5. The first-order chi connectivity index (χ1) is 13.2. The normalized spacial score (nSPS) is 10.3. The Hall–Kier alpha value is -3.26. The number of nitrogens with zero attached hydrogens (tertiary/aromatic N) is 2. The van der Waals surface area contributed by atoms with Crippen molar-refractivity contribution in [1.82, 2.24) is 9.97 Å². The lowest BCUT2D eigenvalue weighted by atomic mass is 10.2. The molecule has 8 heteroatoms. The van der Waals surface area contributed by atoms with Gasteiger partial charge in [0.25, 0.3) is 5.91 Å². The number of aromatic nitrogens is 2. The van der Waals surface area contributed by atoms with Crippen LogP contribution in [0.1, 0.15) is 17.3 Å². The first-order valence-corrected chi connectivity index (χ1v) is 9.11. The van der Waals surface area contributed by atoms with Gasteiger partial charge in [0, 0.05) is 17.1 Å². The van der Waals surface area contributed by atoms with Crippen molar-refractivity contribution in [2.75, 3.05) is 18.5 Å². The summed E-state index contributed by atoms with van der Waals surface area (Å²) in [6, 6.07) is 12.8. The van der Waals surface area contributed by atoms with Gasteiger partial charge in [0.15, 0.2) is 11.7 Å². The zero-order chi connectivity index (χ0) is 19.1. The quantitative estimate of drug-likeness (QED) is 0.629. The molecule has 0 aliphatic heterocycles. The van der Waals surface area contributed by atoms with E-state index < -0.39 is 18.5 Å². The van der Waals surface area contributed by atoms with Crippen LogP contribution in [0.25, 0.3) is 11.3 Å². The number of rotatable bonds is 7. The molecule has 0 radical (unpaired) electrons. The average Bonchev–Trinajstić information content (AvgIpc) is 3.16. The highest BCUT2D eigenvalue weighted by molar-refractivity contribution is 7.14. The predicted octanol–water partition coefficient (Wildman–Crippen LogP) is 3.40. The van der Waals surface area contributed by atoms with Crippen LogP contribution < -0.4 is 10.1 Å². The van der Waals surface area contributed by atoms with Gasteiger partial charge in [-0.2, -0.15) is 0 Å². The van der Waals surface area contributed by atoms with Crippen molar-refractivity contribution in [1.29, 1.82) is 0 Å². The molecule has 3 rings (SSSR count). The van der Waals surface area contributed by atoms with Crippen LogP contribution in [0.4, 0.5) is 5.13 Å². The smallest absolute Gasteiger partial charge is 0.344 e. The second kappa shape index (κ2) is 8.91. The standard InChI is InChI=1S/C19H17N3O4S/c1-2-25-17-14(9-6-10-20-17)18(24)26-11-16(23)22-19-21-15(12-27-19)13-7-4-3-5-8-13/h3-10,12H,2,11H2,1H3,(H,21,22,23). The fourth-order valence-corrected chi connectivity index (χ4v) is 2.97. The molecule has 2 heterocycles. The summed E-state index contributed by atoms with van der Waals surface area (Å²) in [6.07, 6.45) is 1.52. The maximum Gasteiger partial charge on any atom is 0.344 e. The SMILES string of the molecule is CCOc1ncccc1C(=O)OCC(=O)Nc1nc(-c2ccccc2)cs1. The highest BCUT2D eigenvalue weighted by Gasteiger charge is 2.17. The minimum Gasteiger partial charge on any atom is -0.477 e. The molecular weight excluding hydrogens is 366 g/mol. The fourth-order valence-electron chi connectivity index (χ4n) is 2.23. The van der Waals surface area contributed by atoms with Crippen LogP contribution in [-0.4, -0.2) is 35.1 Å². The minimum atomic E-state index is -0.675. The van der Waals surface area contributed by atoms with Crippen molar-refractivity contribution in [3.8, 4) is 17.1 Å². The Morgan fingerprint density at radius 2 is 1.96 bits per heavy atom. The molecule has 0 spiro atoms. The van der Waals surface area contributed by atoms with Gasteiger partial charge in [-0.3, -0.25) is 10.1 Å². The third-order valence-corrected chi connectivity index (χ3v) is 4.18. The maximum absolute atomic E-state index is 12.2. The Morgan fingerprint density at radius 3 is 2.74 bits per heavy atom. The summed E-state index contributed by atoms with van der Waals surface area (Å²) in [5.74, 6) is -0.970. The topological polar surface area (TPSA) is 90.4 Å². The number of benzene rings is 1. The van der Waals surface area contributed by atoms with Crippen molar-refractivity contribution in [3.63, 3.8) is 0 Å². The molecule has 138 valence electrons. The summed E-state index contributed by atoms with van der Waals surface area (Å²) in [6.45, 7) is 1.72. The molecule has 0 unspecified atom stereocenters. The molecule has 1 amide bonds. The highest BCUT2D eigenvalue weighted by Crippen LogP contribution is 2.24. The van der Waals surface area contributed by atoms with E-state index >= 15 is 0 Å². The van der Waals surface area contributed by atoms with E-state index in [1.807, 2.05) is 35.7 Å². The maximum atomic E-state index is 12.2. The molecule has 0 aliphatic rings. The molecule has 7 nitrogen and oxygen atoms in total. The number of carbonyl (C=O) groups is 2. The van der Waals surface area contributed by atoms with Crippen LogP contribution in [-0.2, 0) is 9.53 Å². The van der Waals surface area contributed by atoms with Crippen LogP contribution in [0.3, 0.4) is 0 Å². The van der Waals surface area contributed by atoms with Crippen LogP contribution in [0.2, 0.25) is 0 Å². The third kappa shape index (κ3) is 4.89. The van der Waals surface area contributed by atoms with Gasteiger partial charge in [-0.05, 0) is 19.1 Å². The van der Waals surface area contributed by atoms with E-state index in [9.17, 15) is 9.59 Å². The second-order valence-corrected chi connectivity index (χ2v) is 6.18. The van der Waals surface area contributed by atoms with Crippen molar-refractivity contribution in [2.45, 2.75) is 6.92 Å². The molecular formula is C19H17N3O4S. The van der Waals surface area contributed by atoms with Gasteiger partial charge in [-0.25, -0.2) is 14.8 Å². The Morgan fingerprint density at radius 1 is 1.15 bits per heavy atom. The molecule has 1 aromatic carbocycles. The van der Waals surface area contributed by atoms with Crippen LogP contribution in [0.5, 0.6) is 5.88 Å². The van der Waals surface area contributed by atoms with Gasteiger partial charge < -0.3 is 9.47 Å². The van der Waals surface area contributed by atoms with Gasteiger partial charge >= 0.3 is 5.97 Å². The Bertz CT molecular complexity index is 927. The van der Waals surface area contributed by atoms with Crippen LogP contribution in [0.15, 0.2) is 54.0 Å². The number of esters is 1. The summed E-state index contributed by atoms with van der Waals surface area (Å²) in [5.41, 5.74) is 1.90. The van der Waals surface area contributed by atoms with Crippen LogP contribution >= 0.6 is 11.3 Å². The number of nitrogens with one attached hydrogen (secondary N) is 1. The highest BCUT2D eigenvalue weighted by atomic mass is 32.1. The fraction of sp³-hybridized carbons (Fsp3) is 0.158. The molecule has 0 bridgehead atoms. The lowest BCUT2D eigenvalue weighted by Crippen LogP contribution is -2.21. The zero-order valence-electron chi connectivity index (χ0n) is 14.5. The molecule has 0 atom stereocenters. The predicted molar refractivity (Wildman–Crippen MR) is 102 cm³/mol. The molecule has 0 saturated heterocycles. The minimum absolute atomic E-state index is 0.174. The molecule has 0 saturated carbocycles. The average molecular weight is 383 g/mol. The van der Waals surface area contributed by atoms with E-state index in [1.54, 1.807) is 13.0 Å². The van der Waals surface area contributed by atoms with Gasteiger partial charge in [-0.15, -0.1) is 11.3 Å². The van der Waals surface area contributed by atoms with Crippen molar-refractivity contribution in [2.24, 2.45) is 0 Å². The Balaban J connectivity index is 1.56. The third-order valence-electron chi connectivity index (χ3n) is 3.43. The molecule has 0 aliphatic carbocycles. The van der Waals surface area contributed by atoms with Crippen molar-refractivity contribution >= 4 is 28.3 Å². The van der Waals surface area contributed by atoms with Gasteiger partial charge in [0.1, 0.15) is 5.56 Å². The van der Waals surface area contributed by atoms with Gasteiger partial charge in [0.2, 0.25) is 5.88 Å². The van der Waals surface area contributed by atoms with E-state index in [0.717, 1.165) is 11.3 Å². The molecule has 27 heavy (non-hydrogen) atoms. The number of hydrogen-bond acceptors (Lipinski definition) is 7. The van der Waals surface area contributed by atoms with E-state index in [0.29, 0.717) is 11.7 Å². The van der Waals surface area contributed by atoms with E-state index in [-0.39, 0.29) is 11.4 Å². The number of anilines is 1. The summed E-state index contributed by atoms with van der Waals surface area (Å²) >= 11 is 1.30. The summed E-state index contributed by atoms with van der Waals surface area (Å²) in [7, 11) is 0. The number of carbonyl (C=O) groups excluding carboxylic acids is 2. The lowest BCUT2D eigenvalue weighted by molar-refractivity contribution is -0.119.